The molecule has 0 atom stereocenters. The second-order valence-corrected chi connectivity index (χ2v) is 9.05. The van der Waals surface area contributed by atoms with Crippen molar-refractivity contribution >= 4 is 15.9 Å². The number of sulfonamides is 1. The van der Waals surface area contributed by atoms with Gasteiger partial charge in [0.15, 0.2) is 0 Å². The minimum atomic E-state index is -3.65. The molecule has 1 aliphatic rings. The lowest BCUT2D eigenvalue weighted by Crippen LogP contribution is -2.34. The lowest BCUT2D eigenvalue weighted by Gasteiger charge is -2.23. The van der Waals surface area contributed by atoms with E-state index in [0.29, 0.717) is 25.3 Å². The summed E-state index contributed by atoms with van der Waals surface area (Å²) in [5, 5.41) is 0. The van der Waals surface area contributed by atoms with Crippen molar-refractivity contribution in [2.75, 3.05) is 20.3 Å². The van der Waals surface area contributed by atoms with E-state index in [1.54, 1.807) is 24.1 Å². The summed E-state index contributed by atoms with van der Waals surface area (Å²) in [5.74, 6) is -0.219. The highest BCUT2D eigenvalue weighted by Gasteiger charge is 2.24. The molecule has 156 valence electrons. The van der Waals surface area contributed by atoms with Crippen LogP contribution >= 0.6 is 0 Å². The van der Waals surface area contributed by atoms with Crippen molar-refractivity contribution in [3.05, 3.63) is 65.7 Å². The molecule has 1 fully saturated rings. The highest BCUT2D eigenvalue weighted by molar-refractivity contribution is 7.89. The smallest absolute Gasteiger partial charge is 0.254 e. The molecule has 2 aromatic rings. The zero-order valence-corrected chi connectivity index (χ0v) is 17.5. The summed E-state index contributed by atoms with van der Waals surface area (Å²) in [6, 6.07) is 15.9. The van der Waals surface area contributed by atoms with E-state index in [-0.39, 0.29) is 16.8 Å². The third-order valence-electron chi connectivity index (χ3n) is 5.14. The fraction of sp³-hybridized carbons (Fsp3) is 0.409. The van der Waals surface area contributed by atoms with Gasteiger partial charge in [0.05, 0.1) is 11.5 Å². The number of benzene rings is 2. The Bertz CT molecular complexity index is 909. The molecule has 1 aliphatic carbocycles. The van der Waals surface area contributed by atoms with Crippen LogP contribution in [0.1, 0.15) is 41.6 Å². The van der Waals surface area contributed by atoms with E-state index >= 15 is 0 Å². The summed E-state index contributed by atoms with van der Waals surface area (Å²) < 4.78 is 33.4. The number of carbonyl (C=O) groups excluding carboxylic acids is 1. The van der Waals surface area contributed by atoms with Crippen LogP contribution in [0, 0.1) is 0 Å². The van der Waals surface area contributed by atoms with Crippen molar-refractivity contribution in [3.63, 3.8) is 0 Å². The number of hydrogen-bond acceptors (Lipinski definition) is 4. The summed E-state index contributed by atoms with van der Waals surface area (Å²) in [6.45, 7) is 1.25. The quantitative estimate of drug-likeness (QED) is 0.681. The molecule has 0 saturated heterocycles. The molecule has 0 unspecified atom stereocenters. The van der Waals surface area contributed by atoms with Crippen LogP contribution in [0.25, 0.3) is 0 Å². The topological polar surface area (TPSA) is 75.7 Å². The maximum absolute atomic E-state index is 13.1. The number of amides is 1. The Morgan fingerprint density at radius 1 is 1.10 bits per heavy atom. The summed E-state index contributed by atoms with van der Waals surface area (Å²) in [7, 11) is -2.06. The maximum Gasteiger partial charge on any atom is 0.254 e. The third kappa shape index (κ3) is 5.88. The molecule has 29 heavy (non-hydrogen) atoms. The Morgan fingerprint density at radius 3 is 2.52 bits per heavy atom. The molecule has 0 bridgehead atoms. The van der Waals surface area contributed by atoms with Crippen molar-refractivity contribution in [3.8, 4) is 0 Å². The Kier molecular flexibility index (Phi) is 7.41. The number of nitrogens with zero attached hydrogens (tertiary/aromatic N) is 1. The number of ether oxygens (including phenoxy) is 1. The molecule has 1 N–H and O–H groups in total. The average Bonchev–Trinajstić information content (AvgIpc) is 3.24. The molecular formula is C22H28N2O4S. The van der Waals surface area contributed by atoms with E-state index in [1.807, 2.05) is 30.3 Å². The first-order valence-electron chi connectivity index (χ1n) is 9.94. The van der Waals surface area contributed by atoms with Crippen LogP contribution in [-0.4, -0.2) is 45.5 Å². The number of carbonyl (C=O) groups is 1. The minimum Gasteiger partial charge on any atom is -0.383 e. The van der Waals surface area contributed by atoms with E-state index in [0.717, 1.165) is 31.2 Å². The van der Waals surface area contributed by atoms with Crippen LogP contribution in [0.3, 0.4) is 0 Å². The fourth-order valence-corrected chi connectivity index (χ4v) is 4.92. The first-order chi connectivity index (χ1) is 14.0. The maximum atomic E-state index is 13.1. The summed E-state index contributed by atoms with van der Waals surface area (Å²) >= 11 is 0. The molecule has 1 saturated carbocycles. The van der Waals surface area contributed by atoms with Crippen LogP contribution in [0.15, 0.2) is 59.5 Å². The van der Waals surface area contributed by atoms with Gasteiger partial charge in [-0.2, -0.15) is 0 Å². The van der Waals surface area contributed by atoms with Gasteiger partial charge in [-0.05, 0) is 36.6 Å². The monoisotopic (exact) mass is 416 g/mol. The molecule has 6 nitrogen and oxygen atoms in total. The van der Waals surface area contributed by atoms with E-state index in [2.05, 4.69) is 4.72 Å². The molecule has 0 radical (unpaired) electrons. The van der Waals surface area contributed by atoms with Gasteiger partial charge in [0.1, 0.15) is 0 Å². The van der Waals surface area contributed by atoms with Gasteiger partial charge >= 0.3 is 0 Å². The number of nitrogens with one attached hydrogen (secondary N) is 1. The zero-order valence-electron chi connectivity index (χ0n) is 16.7. The third-order valence-corrected chi connectivity index (χ3v) is 6.66. The van der Waals surface area contributed by atoms with Crippen LogP contribution in [-0.2, 0) is 21.3 Å². The van der Waals surface area contributed by atoms with Crippen molar-refractivity contribution in [2.24, 2.45) is 0 Å². The van der Waals surface area contributed by atoms with Gasteiger partial charge in [-0.1, -0.05) is 49.2 Å². The Labute approximate surface area is 172 Å². The SMILES string of the molecule is COCCN(Cc1ccccc1)C(=O)c1cccc(S(=O)(=O)NC2CCCC2)c1. The molecule has 3 rings (SSSR count). The van der Waals surface area contributed by atoms with E-state index < -0.39 is 10.0 Å². The molecule has 1 amide bonds. The van der Waals surface area contributed by atoms with Crippen LogP contribution in [0.4, 0.5) is 0 Å². The van der Waals surface area contributed by atoms with Crippen LogP contribution in [0.2, 0.25) is 0 Å². The number of methoxy groups -OCH3 is 1. The predicted molar refractivity (Wildman–Crippen MR) is 112 cm³/mol. The highest BCUT2D eigenvalue weighted by Crippen LogP contribution is 2.21. The van der Waals surface area contributed by atoms with Crippen molar-refractivity contribution in [1.82, 2.24) is 9.62 Å². The summed E-state index contributed by atoms with van der Waals surface area (Å²) in [5.41, 5.74) is 1.36. The first kappa shape index (κ1) is 21.5. The van der Waals surface area contributed by atoms with E-state index in [1.165, 1.54) is 12.1 Å². The summed E-state index contributed by atoms with van der Waals surface area (Å²) in [6.07, 6.45) is 3.80. The number of hydrogen-bond donors (Lipinski definition) is 1. The molecule has 2 aromatic carbocycles. The van der Waals surface area contributed by atoms with Gasteiger partial charge in [-0.25, -0.2) is 13.1 Å². The van der Waals surface area contributed by atoms with Gasteiger partial charge in [0.25, 0.3) is 5.91 Å². The molecule has 0 aromatic heterocycles. The zero-order chi connectivity index (χ0) is 20.7. The van der Waals surface area contributed by atoms with Crippen molar-refractivity contribution in [2.45, 2.75) is 43.2 Å². The second-order valence-electron chi connectivity index (χ2n) is 7.34. The standard InChI is InChI=1S/C22H28N2O4S/c1-28-15-14-24(17-18-8-3-2-4-9-18)22(25)19-10-7-13-21(16-19)29(26,27)23-20-11-5-6-12-20/h2-4,7-10,13,16,20,23H,5-6,11-12,14-15,17H2,1H3. The fourth-order valence-electron chi connectivity index (χ4n) is 3.57. The largest absolute Gasteiger partial charge is 0.383 e. The lowest BCUT2D eigenvalue weighted by atomic mass is 10.1. The van der Waals surface area contributed by atoms with Crippen LogP contribution < -0.4 is 4.72 Å². The predicted octanol–water partition coefficient (Wildman–Crippen LogP) is 3.20. The molecule has 0 aliphatic heterocycles. The van der Waals surface area contributed by atoms with E-state index in [9.17, 15) is 13.2 Å². The molecule has 7 heteroatoms. The van der Waals surface area contributed by atoms with Crippen LogP contribution in [0.5, 0.6) is 0 Å². The van der Waals surface area contributed by atoms with Gasteiger partial charge in [0, 0.05) is 31.8 Å². The van der Waals surface area contributed by atoms with Crippen molar-refractivity contribution in [1.29, 1.82) is 0 Å². The van der Waals surface area contributed by atoms with Gasteiger partial charge in [-0.15, -0.1) is 0 Å². The molecule has 0 heterocycles. The number of rotatable bonds is 9. The lowest BCUT2D eigenvalue weighted by molar-refractivity contribution is 0.0680. The first-order valence-corrected chi connectivity index (χ1v) is 11.4. The Balaban J connectivity index is 1.79. The molecule has 0 spiro atoms. The summed E-state index contributed by atoms with van der Waals surface area (Å²) in [4.78, 5) is 14.9. The highest BCUT2D eigenvalue weighted by atomic mass is 32.2. The minimum absolute atomic E-state index is 0.0179. The van der Waals surface area contributed by atoms with Gasteiger partial charge < -0.3 is 9.64 Å². The average molecular weight is 417 g/mol. The molecular weight excluding hydrogens is 388 g/mol. The second kappa shape index (κ2) is 10.0. The van der Waals surface area contributed by atoms with E-state index in [4.69, 9.17) is 4.74 Å². The van der Waals surface area contributed by atoms with Crippen molar-refractivity contribution < 1.29 is 17.9 Å². The Hall–Kier alpha value is -2.22. The van der Waals surface area contributed by atoms with Gasteiger partial charge in [-0.3, -0.25) is 4.79 Å². The normalized spacial score (nSPS) is 14.8. The Morgan fingerprint density at radius 2 is 1.83 bits per heavy atom. The van der Waals surface area contributed by atoms with Gasteiger partial charge in [0.2, 0.25) is 10.0 Å².